The number of carbonyl (C=O) groups is 1. The summed E-state index contributed by atoms with van der Waals surface area (Å²) in [5.74, 6) is -1.20. The zero-order chi connectivity index (χ0) is 14.5. The minimum absolute atomic E-state index is 0.0189. The maximum atomic E-state index is 13.1. The topological polar surface area (TPSA) is 95.1 Å². The van der Waals surface area contributed by atoms with Gasteiger partial charge in [0.25, 0.3) is 5.91 Å². The molecule has 0 saturated carbocycles. The summed E-state index contributed by atoms with van der Waals surface area (Å²) >= 11 is 0. The Kier molecular flexibility index (Phi) is 4.26. The third kappa shape index (κ3) is 3.29. The number of nitrogens with two attached hydrogens (primary N) is 1. The number of nitrogens with one attached hydrogen (secondary N) is 1. The van der Waals surface area contributed by atoms with Crippen LogP contribution in [-0.2, 0) is 11.3 Å². The van der Waals surface area contributed by atoms with E-state index in [9.17, 15) is 9.18 Å². The Morgan fingerprint density at radius 1 is 1.55 bits per heavy atom. The predicted molar refractivity (Wildman–Crippen MR) is 70.7 cm³/mol. The van der Waals surface area contributed by atoms with E-state index in [0.717, 1.165) is 12.3 Å². The quantitative estimate of drug-likeness (QED) is 0.847. The van der Waals surface area contributed by atoms with Gasteiger partial charge in [-0.05, 0) is 6.07 Å². The van der Waals surface area contributed by atoms with Gasteiger partial charge in [-0.15, -0.1) is 0 Å². The number of halogens is 1. The minimum atomic E-state index is -0.625. The second-order valence-electron chi connectivity index (χ2n) is 4.03. The van der Waals surface area contributed by atoms with E-state index in [1.54, 1.807) is 18.0 Å². The highest BCUT2D eigenvalue weighted by Gasteiger charge is 2.13. The molecule has 0 aliphatic carbocycles. The van der Waals surface area contributed by atoms with Gasteiger partial charge >= 0.3 is 0 Å². The van der Waals surface area contributed by atoms with Gasteiger partial charge < -0.3 is 15.8 Å². The van der Waals surface area contributed by atoms with Crippen LogP contribution in [0.3, 0.4) is 0 Å². The molecule has 8 heteroatoms. The molecule has 106 valence electrons. The number of aromatic nitrogens is 3. The fourth-order valence-corrected chi connectivity index (χ4v) is 1.57. The molecule has 2 rings (SSSR count). The van der Waals surface area contributed by atoms with Crippen LogP contribution in [0.1, 0.15) is 10.4 Å². The van der Waals surface area contributed by atoms with Crippen molar-refractivity contribution < 1.29 is 13.9 Å². The molecule has 0 fully saturated rings. The number of rotatable bonds is 5. The summed E-state index contributed by atoms with van der Waals surface area (Å²) < 4.78 is 19.6. The first-order valence-corrected chi connectivity index (χ1v) is 5.84. The van der Waals surface area contributed by atoms with E-state index in [1.807, 2.05) is 0 Å². The lowest BCUT2D eigenvalue weighted by Crippen LogP contribution is -2.15. The molecule has 0 aliphatic rings. The normalized spacial score (nSPS) is 10.5. The molecule has 2 aromatic rings. The highest BCUT2D eigenvalue weighted by Crippen LogP contribution is 2.13. The van der Waals surface area contributed by atoms with Crippen molar-refractivity contribution in [1.29, 1.82) is 0 Å². The van der Waals surface area contributed by atoms with Crippen LogP contribution in [0.15, 0.2) is 24.7 Å². The first-order valence-electron chi connectivity index (χ1n) is 5.84. The van der Waals surface area contributed by atoms with Crippen LogP contribution in [0.25, 0.3) is 0 Å². The molecule has 0 aliphatic heterocycles. The van der Waals surface area contributed by atoms with E-state index in [-0.39, 0.29) is 11.4 Å². The van der Waals surface area contributed by atoms with Crippen molar-refractivity contribution in [2.45, 2.75) is 6.54 Å². The van der Waals surface area contributed by atoms with Crippen molar-refractivity contribution in [3.63, 3.8) is 0 Å². The first kappa shape index (κ1) is 13.9. The molecule has 0 spiro atoms. The van der Waals surface area contributed by atoms with Crippen molar-refractivity contribution in [2.75, 3.05) is 24.8 Å². The Hall–Kier alpha value is -2.48. The number of hydrogen-bond acceptors (Lipinski definition) is 5. The van der Waals surface area contributed by atoms with Gasteiger partial charge in [0.2, 0.25) is 0 Å². The number of hydrogen-bond donors (Lipinski definition) is 2. The fourth-order valence-electron chi connectivity index (χ4n) is 1.57. The maximum Gasteiger partial charge on any atom is 0.259 e. The zero-order valence-corrected chi connectivity index (χ0v) is 10.8. The van der Waals surface area contributed by atoms with Crippen LogP contribution >= 0.6 is 0 Å². The lowest BCUT2D eigenvalue weighted by atomic mass is 10.2. The molecule has 0 unspecified atom stereocenters. The van der Waals surface area contributed by atoms with Crippen LogP contribution < -0.4 is 11.1 Å². The summed E-state index contributed by atoms with van der Waals surface area (Å²) in [6.07, 6.45) is 4.07. The Balaban J connectivity index is 2.07. The van der Waals surface area contributed by atoms with E-state index in [4.69, 9.17) is 10.5 Å². The third-order valence-electron chi connectivity index (χ3n) is 2.55. The summed E-state index contributed by atoms with van der Waals surface area (Å²) in [5, 5.41) is 6.61. The lowest BCUT2D eigenvalue weighted by molar-refractivity contribution is 0.102. The number of amides is 1. The van der Waals surface area contributed by atoms with Crippen LogP contribution in [0.5, 0.6) is 0 Å². The molecule has 0 saturated heterocycles. The molecular weight excluding hydrogens is 265 g/mol. The highest BCUT2D eigenvalue weighted by atomic mass is 19.1. The molecule has 0 atom stereocenters. The van der Waals surface area contributed by atoms with E-state index in [2.05, 4.69) is 15.4 Å². The standard InChI is InChI=1S/C12H14FN5O2/c1-20-3-2-18-7-9(6-16-18)17-12(19)10-4-8(13)5-15-11(10)14/h4-7H,2-3H2,1H3,(H2,14,15)(H,17,19). The molecule has 1 amide bonds. The summed E-state index contributed by atoms with van der Waals surface area (Å²) in [7, 11) is 1.59. The summed E-state index contributed by atoms with van der Waals surface area (Å²) in [5.41, 5.74) is 6.00. The second kappa shape index (κ2) is 6.11. The van der Waals surface area contributed by atoms with Crippen molar-refractivity contribution in [3.8, 4) is 0 Å². The van der Waals surface area contributed by atoms with Crippen LogP contribution in [0.2, 0.25) is 0 Å². The second-order valence-corrected chi connectivity index (χ2v) is 4.03. The van der Waals surface area contributed by atoms with Crippen LogP contribution in [0.4, 0.5) is 15.9 Å². The summed E-state index contributed by atoms with van der Waals surface area (Å²) in [6.45, 7) is 1.08. The van der Waals surface area contributed by atoms with Gasteiger partial charge in [-0.2, -0.15) is 5.10 Å². The molecule has 0 aromatic carbocycles. The minimum Gasteiger partial charge on any atom is -0.383 e. The Morgan fingerprint density at radius 3 is 3.10 bits per heavy atom. The number of nitrogens with zero attached hydrogens (tertiary/aromatic N) is 3. The molecule has 20 heavy (non-hydrogen) atoms. The number of nitrogen functional groups attached to an aromatic ring is 1. The maximum absolute atomic E-state index is 13.1. The fraction of sp³-hybridized carbons (Fsp3) is 0.250. The molecule has 7 nitrogen and oxygen atoms in total. The van der Waals surface area contributed by atoms with Crippen LogP contribution in [0, 0.1) is 5.82 Å². The zero-order valence-electron chi connectivity index (χ0n) is 10.8. The van der Waals surface area contributed by atoms with Crippen LogP contribution in [-0.4, -0.2) is 34.4 Å². The molecular formula is C12H14FN5O2. The number of methoxy groups -OCH3 is 1. The van der Waals surface area contributed by atoms with E-state index >= 15 is 0 Å². The average Bonchev–Trinajstić information content (AvgIpc) is 2.86. The van der Waals surface area contributed by atoms with Gasteiger partial charge in [-0.1, -0.05) is 0 Å². The number of ether oxygens (including phenoxy) is 1. The first-order chi connectivity index (χ1) is 9.60. The van der Waals surface area contributed by atoms with Crippen molar-refractivity contribution in [3.05, 3.63) is 36.0 Å². The predicted octanol–water partition coefficient (Wildman–Crippen LogP) is 0.898. The van der Waals surface area contributed by atoms with Gasteiger partial charge in [0.1, 0.15) is 11.6 Å². The summed E-state index contributed by atoms with van der Waals surface area (Å²) in [6, 6.07) is 1.03. The van der Waals surface area contributed by atoms with Crippen molar-refractivity contribution >= 4 is 17.4 Å². The number of pyridine rings is 1. The third-order valence-corrected chi connectivity index (χ3v) is 2.55. The van der Waals surface area contributed by atoms with Crippen molar-refractivity contribution in [2.24, 2.45) is 0 Å². The van der Waals surface area contributed by atoms with Crippen molar-refractivity contribution in [1.82, 2.24) is 14.8 Å². The molecule has 2 heterocycles. The smallest absolute Gasteiger partial charge is 0.259 e. The largest absolute Gasteiger partial charge is 0.383 e. The average molecular weight is 279 g/mol. The highest BCUT2D eigenvalue weighted by molar-refractivity contribution is 6.07. The molecule has 0 bridgehead atoms. The van der Waals surface area contributed by atoms with Gasteiger partial charge in [0.15, 0.2) is 0 Å². The number of carbonyl (C=O) groups excluding carboxylic acids is 1. The van der Waals surface area contributed by atoms with Gasteiger partial charge in [0, 0.05) is 13.3 Å². The van der Waals surface area contributed by atoms with Gasteiger partial charge in [-0.3, -0.25) is 9.48 Å². The monoisotopic (exact) mass is 279 g/mol. The van der Waals surface area contributed by atoms with Gasteiger partial charge in [0.05, 0.1) is 36.8 Å². The Labute approximate surface area is 114 Å². The van der Waals surface area contributed by atoms with E-state index in [1.165, 1.54) is 6.20 Å². The van der Waals surface area contributed by atoms with E-state index in [0.29, 0.717) is 18.8 Å². The Bertz CT molecular complexity index is 614. The summed E-state index contributed by atoms with van der Waals surface area (Å²) in [4.78, 5) is 15.5. The SMILES string of the molecule is COCCn1cc(NC(=O)c2cc(F)cnc2N)cn1. The number of anilines is 2. The van der Waals surface area contributed by atoms with E-state index < -0.39 is 11.7 Å². The lowest BCUT2D eigenvalue weighted by Gasteiger charge is -2.05. The molecule has 3 N–H and O–H groups in total. The van der Waals surface area contributed by atoms with Gasteiger partial charge in [-0.25, -0.2) is 9.37 Å². The molecule has 0 radical (unpaired) electrons. The molecule has 2 aromatic heterocycles. The Morgan fingerprint density at radius 2 is 2.35 bits per heavy atom.